The first-order valence-electron chi connectivity index (χ1n) is 8.72. The second-order valence-corrected chi connectivity index (χ2v) is 8.60. The minimum absolute atomic E-state index is 0.0148. The molecule has 2 aromatic carbocycles. The monoisotopic (exact) mass is 404 g/mol. The number of ether oxygens (including phenoxy) is 1. The molecule has 0 radical (unpaired) electrons. The first kappa shape index (κ1) is 19.8. The summed E-state index contributed by atoms with van der Waals surface area (Å²) in [7, 11) is -3.70. The van der Waals surface area contributed by atoms with E-state index >= 15 is 0 Å². The van der Waals surface area contributed by atoms with Crippen LogP contribution < -0.4 is 4.74 Å². The predicted octanol–water partition coefficient (Wildman–Crippen LogP) is 2.60. The number of benzene rings is 2. The lowest BCUT2D eigenvalue weighted by Gasteiger charge is -2.29. The Morgan fingerprint density at radius 2 is 1.96 bits per heavy atom. The van der Waals surface area contributed by atoms with Gasteiger partial charge in [-0.1, -0.05) is 6.07 Å². The van der Waals surface area contributed by atoms with Crippen LogP contribution in [0.1, 0.15) is 28.4 Å². The van der Waals surface area contributed by atoms with Crippen LogP contribution in [0.2, 0.25) is 0 Å². The summed E-state index contributed by atoms with van der Waals surface area (Å²) in [4.78, 5) is 24.7. The number of carbonyl (C=O) groups excluding carboxylic acids is 1. The van der Waals surface area contributed by atoms with Gasteiger partial charge in [0.15, 0.2) is 9.84 Å². The Labute approximate surface area is 162 Å². The van der Waals surface area contributed by atoms with Gasteiger partial charge in [-0.15, -0.1) is 0 Å². The van der Waals surface area contributed by atoms with E-state index in [1.54, 1.807) is 4.90 Å². The molecule has 0 N–H and O–H groups in total. The Morgan fingerprint density at radius 1 is 1.21 bits per heavy atom. The quantitative estimate of drug-likeness (QED) is 0.560. The van der Waals surface area contributed by atoms with Crippen molar-refractivity contribution in [2.45, 2.75) is 24.8 Å². The standard InChI is InChI=1S/C19H20N2O6S/c1-3-27-17-5-4-13-6-7-20(12-15(13)9-17)19(22)14-8-16(21(23)24)11-18(10-14)28(2,25)26/h4-5,8-11H,3,6-7,12H2,1-2H3. The number of rotatable bonds is 5. The van der Waals surface area contributed by atoms with Crippen LogP contribution in [-0.4, -0.2) is 43.6 Å². The van der Waals surface area contributed by atoms with E-state index in [-0.39, 0.29) is 10.5 Å². The summed E-state index contributed by atoms with van der Waals surface area (Å²) in [6.45, 7) is 3.18. The summed E-state index contributed by atoms with van der Waals surface area (Å²) >= 11 is 0. The van der Waals surface area contributed by atoms with Crippen LogP contribution in [-0.2, 0) is 22.8 Å². The van der Waals surface area contributed by atoms with Crippen molar-refractivity contribution in [3.05, 3.63) is 63.2 Å². The highest BCUT2D eigenvalue weighted by atomic mass is 32.2. The molecule has 28 heavy (non-hydrogen) atoms. The number of sulfone groups is 1. The van der Waals surface area contributed by atoms with Gasteiger partial charge >= 0.3 is 0 Å². The number of amides is 1. The minimum Gasteiger partial charge on any atom is -0.494 e. The van der Waals surface area contributed by atoms with E-state index < -0.39 is 26.4 Å². The van der Waals surface area contributed by atoms with Gasteiger partial charge in [-0.3, -0.25) is 14.9 Å². The van der Waals surface area contributed by atoms with Crippen molar-refractivity contribution in [3.63, 3.8) is 0 Å². The van der Waals surface area contributed by atoms with E-state index in [2.05, 4.69) is 0 Å². The van der Waals surface area contributed by atoms with E-state index in [0.29, 0.717) is 31.9 Å². The third-order valence-electron chi connectivity index (χ3n) is 4.57. The van der Waals surface area contributed by atoms with Gasteiger partial charge < -0.3 is 9.64 Å². The average Bonchev–Trinajstić information content (AvgIpc) is 2.66. The van der Waals surface area contributed by atoms with Crippen molar-refractivity contribution in [2.24, 2.45) is 0 Å². The fraction of sp³-hybridized carbons (Fsp3) is 0.316. The smallest absolute Gasteiger partial charge is 0.271 e. The van der Waals surface area contributed by atoms with Crippen molar-refractivity contribution in [1.82, 2.24) is 4.90 Å². The molecular formula is C19H20N2O6S. The van der Waals surface area contributed by atoms with E-state index in [9.17, 15) is 23.3 Å². The van der Waals surface area contributed by atoms with Gasteiger partial charge in [-0.25, -0.2) is 8.42 Å². The number of nitro benzene ring substituents is 1. The number of hydrogen-bond donors (Lipinski definition) is 0. The van der Waals surface area contributed by atoms with Gasteiger partial charge in [0.1, 0.15) is 5.75 Å². The second-order valence-electron chi connectivity index (χ2n) is 6.59. The molecule has 0 fully saturated rings. The Bertz CT molecular complexity index is 1050. The van der Waals surface area contributed by atoms with Gasteiger partial charge in [-0.05, 0) is 42.7 Å². The number of nitro groups is 1. The largest absolute Gasteiger partial charge is 0.494 e. The second kappa shape index (κ2) is 7.59. The number of carbonyl (C=O) groups is 1. The molecule has 0 aliphatic carbocycles. The normalized spacial score (nSPS) is 13.7. The number of nitrogens with zero attached hydrogens (tertiary/aromatic N) is 2. The molecule has 0 bridgehead atoms. The van der Waals surface area contributed by atoms with E-state index in [4.69, 9.17) is 4.74 Å². The first-order chi connectivity index (χ1) is 13.2. The third kappa shape index (κ3) is 4.14. The van der Waals surface area contributed by atoms with Gasteiger partial charge in [-0.2, -0.15) is 0 Å². The molecule has 1 amide bonds. The average molecular weight is 404 g/mol. The summed E-state index contributed by atoms with van der Waals surface area (Å²) in [5.41, 5.74) is 1.61. The lowest BCUT2D eigenvalue weighted by Crippen LogP contribution is -2.36. The molecule has 8 nitrogen and oxygen atoms in total. The molecule has 1 heterocycles. The maximum atomic E-state index is 13.0. The highest BCUT2D eigenvalue weighted by Crippen LogP contribution is 2.27. The summed E-state index contributed by atoms with van der Waals surface area (Å²) < 4.78 is 29.2. The molecule has 3 rings (SSSR count). The molecule has 0 atom stereocenters. The molecule has 0 spiro atoms. The van der Waals surface area contributed by atoms with Crippen molar-refractivity contribution in [3.8, 4) is 5.75 Å². The van der Waals surface area contributed by atoms with Crippen molar-refractivity contribution in [1.29, 1.82) is 0 Å². The third-order valence-corrected chi connectivity index (χ3v) is 5.66. The van der Waals surface area contributed by atoms with Crippen molar-refractivity contribution in [2.75, 3.05) is 19.4 Å². The van der Waals surface area contributed by atoms with E-state index in [1.807, 2.05) is 25.1 Å². The molecule has 148 valence electrons. The lowest BCUT2D eigenvalue weighted by molar-refractivity contribution is -0.385. The van der Waals surface area contributed by atoms with Gasteiger partial charge in [0.2, 0.25) is 0 Å². The topological polar surface area (TPSA) is 107 Å². The van der Waals surface area contributed by atoms with Crippen LogP contribution in [0.25, 0.3) is 0 Å². The molecule has 2 aromatic rings. The molecule has 9 heteroatoms. The molecule has 1 aliphatic heterocycles. The highest BCUT2D eigenvalue weighted by Gasteiger charge is 2.25. The maximum Gasteiger partial charge on any atom is 0.271 e. The number of fused-ring (bicyclic) bond motifs is 1. The molecule has 0 aromatic heterocycles. The molecule has 1 aliphatic rings. The fourth-order valence-corrected chi connectivity index (χ4v) is 3.85. The number of non-ortho nitro benzene ring substituents is 1. The van der Waals surface area contributed by atoms with Crippen LogP contribution >= 0.6 is 0 Å². The lowest BCUT2D eigenvalue weighted by atomic mass is 9.98. The van der Waals surface area contributed by atoms with Crippen molar-refractivity contribution >= 4 is 21.4 Å². The zero-order valence-corrected chi connectivity index (χ0v) is 16.4. The van der Waals surface area contributed by atoms with Crippen LogP contribution in [0.15, 0.2) is 41.3 Å². The van der Waals surface area contributed by atoms with Gasteiger partial charge in [0.05, 0.1) is 16.4 Å². The first-order valence-corrected chi connectivity index (χ1v) is 10.6. The maximum absolute atomic E-state index is 13.0. The SMILES string of the molecule is CCOc1ccc2c(c1)CN(C(=O)c1cc([N+](=O)[O-])cc(S(C)(=O)=O)c1)CC2. The Balaban J connectivity index is 1.93. The summed E-state index contributed by atoms with van der Waals surface area (Å²) in [5.74, 6) is 0.270. The molecule has 0 saturated heterocycles. The van der Waals surface area contributed by atoms with E-state index in [1.165, 1.54) is 6.07 Å². The van der Waals surface area contributed by atoms with E-state index in [0.717, 1.165) is 29.5 Å². The zero-order chi connectivity index (χ0) is 20.5. The van der Waals surface area contributed by atoms with Crippen LogP contribution in [0.4, 0.5) is 5.69 Å². The van der Waals surface area contributed by atoms with Crippen LogP contribution in [0.3, 0.4) is 0 Å². The summed E-state index contributed by atoms with van der Waals surface area (Å²) in [5, 5.41) is 11.2. The zero-order valence-electron chi connectivity index (χ0n) is 15.5. The van der Waals surface area contributed by atoms with Gasteiger partial charge in [0, 0.05) is 37.0 Å². The highest BCUT2D eigenvalue weighted by molar-refractivity contribution is 7.90. The number of hydrogen-bond acceptors (Lipinski definition) is 6. The Morgan fingerprint density at radius 3 is 2.61 bits per heavy atom. The Hall–Kier alpha value is -2.94. The summed E-state index contributed by atoms with van der Waals surface area (Å²) in [6.07, 6.45) is 1.59. The molecule has 0 saturated carbocycles. The predicted molar refractivity (Wildman–Crippen MR) is 102 cm³/mol. The van der Waals surface area contributed by atoms with Gasteiger partial charge in [0.25, 0.3) is 11.6 Å². The van der Waals surface area contributed by atoms with Crippen LogP contribution in [0, 0.1) is 10.1 Å². The minimum atomic E-state index is -3.70. The Kier molecular flexibility index (Phi) is 5.37. The van der Waals surface area contributed by atoms with Crippen molar-refractivity contribution < 1.29 is 22.9 Å². The molecule has 0 unspecified atom stereocenters. The summed E-state index contributed by atoms with van der Waals surface area (Å²) in [6, 6.07) is 9.01. The fourth-order valence-electron chi connectivity index (χ4n) is 3.17. The van der Waals surface area contributed by atoms with Crippen LogP contribution in [0.5, 0.6) is 5.75 Å². The molecular weight excluding hydrogens is 384 g/mol.